The average Bonchev–Trinajstić information content (AvgIpc) is 2.48. The van der Waals surface area contributed by atoms with Crippen LogP contribution in [-0.2, 0) is 0 Å². The Morgan fingerprint density at radius 3 is 1.86 bits per heavy atom. The third-order valence-electron chi connectivity index (χ3n) is 2.45. The first-order valence-corrected chi connectivity index (χ1v) is 6.36. The minimum Gasteiger partial charge on any atom is -0.733 e. The second-order valence-electron chi connectivity index (χ2n) is 3.77. The number of halogens is 5. The lowest BCUT2D eigenvalue weighted by atomic mass is 10.2. The normalized spacial score (nSPS) is 10.6. The van der Waals surface area contributed by atoms with Gasteiger partial charge in [-0.15, -0.1) is 0 Å². The quantitative estimate of drug-likeness (QED) is 0.267. The maximum atomic E-state index is 13.6. The van der Waals surface area contributed by atoms with Crippen LogP contribution >= 0.6 is 22.6 Å². The largest absolute Gasteiger partial charge is 0.733 e. The molecule has 9 heteroatoms. The van der Waals surface area contributed by atoms with Crippen LogP contribution in [0.15, 0.2) is 24.3 Å². The van der Waals surface area contributed by atoms with Gasteiger partial charge >= 0.3 is 0 Å². The lowest BCUT2D eigenvalue weighted by molar-refractivity contribution is 0.296. The summed E-state index contributed by atoms with van der Waals surface area (Å²) in [4.78, 5) is 0. The maximum absolute atomic E-state index is 13.6. The van der Waals surface area contributed by atoms with Crippen LogP contribution in [0.5, 0.6) is 11.5 Å². The maximum Gasteiger partial charge on any atom is 0.205 e. The lowest BCUT2D eigenvalue weighted by Crippen LogP contribution is -2.06. The van der Waals surface area contributed by atoms with E-state index < -0.39 is 37.8 Å². The molecule has 0 heterocycles. The number of nitrogens with zero attached hydrogens (tertiary/aromatic N) is 1. The van der Waals surface area contributed by atoms with Crippen molar-refractivity contribution in [2.24, 2.45) is 0 Å². The van der Waals surface area contributed by atoms with Gasteiger partial charge in [-0.25, -0.2) is 8.78 Å². The summed E-state index contributed by atoms with van der Waals surface area (Å²) in [7, 11) is 0. The number of rotatable bonds is 3. The molecule has 0 aliphatic carbocycles. The molecular formula is C12H5F4INO3-. The second kappa shape index (κ2) is 6.03. The number of benzene rings is 2. The van der Waals surface area contributed by atoms with E-state index in [0.717, 1.165) is 46.9 Å². The highest BCUT2D eigenvalue weighted by Crippen LogP contribution is 2.34. The molecule has 21 heavy (non-hydrogen) atoms. The number of hydrogen-bond acceptors (Lipinski definition) is 4. The van der Waals surface area contributed by atoms with Crippen LogP contribution < -0.4 is 9.96 Å². The van der Waals surface area contributed by atoms with Crippen LogP contribution in [0.1, 0.15) is 0 Å². The van der Waals surface area contributed by atoms with Crippen molar-refractivity contribution in [3.05, 3.63) is 56.3 Å². The first-order valence-electron chi connectivity index (χ1n) is 5.28. The van der Waals surface area contributed by atoms with E-state index in [9.17, 15) is 22.8 Å². The smallest absolute Gasteiger partial charge is 0.205 e. The summed E-state index contributed by atoms with van der Waals surface area (Å²) in [5, 5.41) is 18.7. The summed E-state index contributed by atoms with van der Waals surface area (Å²) in [5.74, 6) is -7.89. The zero-order valence-corrected chi connectivity index (χ0v) is 12.1. The number of anilines is 1. The van der Waals surface area contributed by atoms with Crippen molar-refractivity contribution >= 4 is 28.3 Å². The minimum absolute atomic E-state index is 0.164. The molecule has 0 atom stereocenters. The van der Waals surface area contributed by atoms with E-state index >= 15 is 0 Å². The zero-order valence-electron chi connectivity index (χ0n) is 9.91. The molecule has 2 aromatic carbocycles. The third kappa shape index (κ3) is 3.04. The van der Waals surface area contributed by atoms with E-state index in [0.29, 0.717) is 0 Å². The van der Waals surface area contributed by atoms with E-state index in [1.54, 1.807) is 0 Å². The van der Waals surface area contributed by atoms with Gasteiger partial charge in [0.15, 0.2) is 11.6 Å². The Morgan fingerprint density at radius 2 is 1.43 bits per heavy atom. The molecule has 0 bridgehead atoms. The first-order chi connectivity index (χ1) is 9.82. The molecule has 0 aliphatic rings. The van der Waals surface area contributed by atoms with Crippen LogP contribution in [-0.4, -0.2) is 5.21 Å². The predicted molar refractivity (Wildman–Crippen MR) is 73.1 cm³/mol. The van der Waals surface area contributed by atoms with Gasteiger partial charge in [0.05, 0.1) is 9.26 Å². The van der Waals surface area contributed by atoms with Gasteiger partial charge < -0.3 is 15.2 Å². The van der Waals surface area contributed by atoms with Gasteiger partial charge in [-0.1, -0.05) is 0 Å². The molecule has 2 aromatic rings. The average molecular weight is 414 g/mol. The van der Waals surface area contributed by atoms with Gasteiger partial charge in [0.2, 0.25) is 17.4 Å². The number of ether oxygens (including phenoxy) is 1. The summed E-state index contributed by atoms with van der Waals surface area (Å²) >= 11 is 1.13. The van der Waals surface area contributed by atoms with Gasteiger partial charge in [-0.3, -0.25) is 5.21 Å². The standard InChI is InChI=1S/C12H5F4INO3/c13-7-9(15)12(10(16)8(14)11(7)17)21-6-3-1-5(2-4-6)18(19)20/h1-4,19H/q-1. The first kappa shape index (κ1) is 15.8. The Kier molecular flexibility index (Phi) is 4.54. The summed E-state index contributed by atoms with van der Waals surface area (Å²) in [6, 6.07) is 4.33. The van der Waals surface area contributed by atoms with Crippen molar-refractivity contribution in [3.8, 4) is 11.5 Å². The Morgan fingerprint density at radius 1 is 0.952 bits per heavy atom. The van der Waals surface area contributed by atoms with Gasteiger partial charge in [-0.05, 0) is 46.9 Å². The SMILES string of the molecule is [O-]N(O)c1ccc(Oc2c(F)c(F)c(I)c(F)c2F)cc1. The van der Waals surface area contributed by atoms with Crippen molar-refractivity contribution in [3.63, 3.8) is 0 Å². The Hall–Kier alpha value is -1.59. The Balaban J connectivity index is 2.40. The summed E-state index contributed by atoms with van der Waals surface area (Å²) in [6.07, 6.45) is 0. The lowest BCUT2D eigenvalue weighted by Gasteiger charge is -2.21. The highest BCUT2D eigenvalue weighted by molar-refractivity contribution is 14.1. The highest BCUT2D eigenvalue weighted by atomic mass is 127. The fraction of sp³-hybridized carbons (Fsp3) is 0. The summed E-state index contributed by atoms with van der Waals surface area (Å²) in [6.45, 7) is 0. The van der Waals surface area contributed by atoms with Crippen molar-refractivity contribution in [1.82, 2.24) is 0 Å². The fourth-order valence-electron chi connectivity index (χ4n) is 1.43. The summed E-state index contributed by atoms with van der Waals surface area (Å²) in [5.41, 5.74) is -0.164. The van der Waals surface area contributed by atoms with Gasteiger partial charge in [0, 0.05) is 0 Å². The Bertz CT molecular complexity index is 650. The van der Waals surface area contributed by atoms with Crippen molar-refractivity contribution in [1.29, 1.82) is 0 Å². The van der Waals surface area contributed by atoms with Crippen molar-refractivity contribution in [2.75, 3.05) is 5.23 Å². The minimum atomic E-state index is -1.67. The molecule has 0 amide bonds. The molecule has 0 spiro atoms. The van der Waals surface area contributed by atoms with E-state index in [4.69, 9.17) is 9.94 Å². The molecule has 0 unspecified atom stereocenters. The molecule has 2 rings (SSSR count). The van der Waals surface area contributed by atoms with E-state index in [2.05, 4.69) is 0 Å². The van der Waals surface area contributed by atoms with Crippen LogP contribution in [0, 0.1) is 32.0 Å². The van der Waals surface area contributed by atoms with Crippen molar-refractivity contribution in [2.45, 2.75) is 0 Å². The molecular weight excluding hydrogens is 409 g/mol. The molecule has 0 aliphatic heterocycles. The topological polar surface area (TPSA) is 55.8 Å². The molecule has 0 fully saturated rings. The zero-order chi connectivity index (χ0) is 15.7. The molecule has 0 radical (unpaired) electrons. The predicted octanol–water partition coefficient (Wildman–Crippen LogP) is 4.33. The molecule has 1 N–H and O–H groups in total. The molecule has 0 saturated heterocycles. The molecule has 0 aromatic heterocycles. The monoisotopic (exact) mass is 414 g/mol. The highest BCUT2D eigenvalue weighted by Gasteiger charge is 2.25. The Labute approximate surface area is 129 Å². The van der Waals surface area contributed by atoms with E-state index in [1.807, 2.05) is 0 Å². The van der Waals surface area contributed by atoms with Crippen LogP contribution in [0.2, 0.25) is 0 Å². The molecule has 0 saturated carbocycles. The second-order valence-corrected chi connectivity index (χ2v) is 4.85. The molecule has 4 nitrogen and oxygen atoms in total. The summed E-state index contributed by atoms with van der Waals surface area (Å²) < 4.78 is 57.8. The van der Waals surface area contributed by atoms with Crippen molar-refractivity contribution < 1.29 is 27.5 Å². The van der Waals surface area contributed by atoms with Gasteiger partial charge in [0.1, 0.15) is 5.75 Å². The molecule has 112 valence electrons. The van der Waals surface area contributed by atoms with Crippen LogP contribution in [0.25, 0.3) is 0 Å². The number of hydrogen-bond donors (Lipinski definition) is 1. The third-order valence-corrected chi connectivity index (χ3v) is 3.39. The van der Waals surface area contributed by atoms with Gasteiger partial charge in [-0.2, -0.15) is 8.78 Å². The van der Waals surface area contributed by atoms with E-state index in [1.165, 1.54) is 0 Å². The fourth-order valence-corrected chi connectivity index (χ4v) is 1.91. The van der Waals surface area contributed by atoms with Crippen LogP contribution in [0.3, 0.4) is 0 Å². The van der Waals surface area contributed by atoms with E-state index in [-0.39, 0.29) is 11.4 Å². The van der Waals surface area contributed by atoms with Crippen LogP contribution in [0.4, 0.5) is 23.2 Å². The van der Waals surface area contributed by atoms with Gasteiger partial charge in [0.25, 0.3) is 0 Å².